The summed E-state index contributed by atoms with van der Waals surface area (Å²) >= 11 is 0. The molecule has 0 radical (unpaired) electrons. The van der Waals surface area contributed by atoms with Gasteiger partial charge in [-0.2, -0.15) is 0 Å². The van der Waals surface area contributed by atoms with Crippen LogP contribution in [-0.4, -0.2) is 0 Å². The summed E-state index contributed by atoms with van der Waals surface area (Å²) in [7, 11) is 0. The van der Waals surface area contributed by atoms with Gasteiger partial charge in [0.2, 0.25) is 0 Å². The van der Waals surface area contributed by atoms with E-state index in [0.29, 0.717) is 5.92 Å². The van der Waals surface area contributed by atoms with Crippen LogP contribution in [-0.2, 0) is 0 Å². The average Bonchev–Trinajstić information content (AvgIpc) is 2.15. The van der Waals surface area contributed by atoms with Gasteiger partial charge in [0, 0.05) is 5.92 Å². The molecule has 0 amide bonds. The van der Waals surface area contributed by atoms with Gasteiger partial charge in [-0.25, -0.2) is 0 Å². The molecule has 0 heteroatoms. The summed E-state index contributed by atoms with van der Waals surface area (Å²) in [5.74, 6) is 5.52. The van der Waals surface area contributed by atoms with Crippen LogP contribution >= 0.6 is 0 Å². The highest BCUT2D eigenvalue weighted by Gasteiger charge is 2.28. The quantitative estimate of drug-likeness (QED) is 0.590. The van der Waals surface area contributed by atoms with Crippen molar-refractivity contribution >= 4 is 0 Å². The van der Waals surface area contributed by atoms with Crippen LogP contribution in [0.5, 0.6) is 0 Å². The minimum atomic E-state index is 0.617. The molecule has 1 atom stereocenters. The van der Waals surface area contributed by atoms with E-state index >= 15 is 0 Å². The van der Waals surface area contributed by atoms with Crippen LogP contribution in [0.25, 0.3) is 0 Å². The van der Waals surface area contributed by atoms with E-state index in [1.54, 1.807) is 0 Å². The zero-order valence-electron chi connectivity index (χ0n) is 9.17. The number of hydrogen-bond acceptors (Lipinski definition) is 0. The first-order valence-electron chi connectivity index (χ1n) is 6.36. The molecule has 0 aromatic carbocycles. The van der Waals surface area contributed by atoms with Gasteiger partial charge in [0.1, 0.15) is 0 Å². The lowest BCUT2D eigenvalue weighted by atomic mass is 9.71. The summed E-state index contributed by atoms with van der Waals surface area (Å²) in [4.78, 5) is 0. The highest BCUT2D eigenvalue weighted by molar-refractivity contribution is 4.99. The predicted molar refractivity (Wildman–Crippen MR) is 60.9 cm³/mol. The molecule has 0 saturated heterocycles. The zero-order chi connectivity index (χ0) is 9.80. The van der Waals surface area contributed by atoms with Crippen molar-refractivity contribution in [3.63, 3.8) is 0 Å². The summed E-state index contributed by atoms with van der Waals surface area (Å²) in [5.41, 5.74) is 0. The molecule has 0 aliphatic heterocycles. The molecule has 0 spiro atoms. The molecule has 2 rings (SSSR count). The molecule has 2 aliphatic carbocycles. The number of rotatable bonds is 3. The Labute approximate surface area is 88.5 Å². The van der Waals surface area contributed by atoms with E-state index in [1.165, 1.54) is 57.8 Å². The fourth-order valence-corrected chi connectivity index (χ4v) is 3.02. The van der Waals surface area contributed by atoms with Crippen molar-refractivity contribution < 1.29 is 0 Å². The summed E-state index contributed by atoms with van der Waals surface area (Å²) in [6.45, 7) is 0. The first-order chi connectivity index (χ1) is 6.90. The molecule has 0 bridgehead atoms. The maximum atomic E-state index is 5.65. The van der Waals surface area contributed by atoms with Crippen molar-refractivity contribution in [3.05, 3.63) is 0 Å². The van der Waals surface area contributed by atoms with Crippen molar-refractivity contribution in [2.24, 2.45) is 17.8 Å². The topological polar surface area (TPSA) is 0 Å². The molecule has 1 unspecified atom stereocenters. The van der Waals surface area contributed by atoms with Crippen molar-refractivity contribution in [2.45, 2.75) is 57.8 Å². The minimum Gasteiger partial charge on any atom is -0.120 e. The largest absolute Gasteiger partial charge is 0.120 e. The van der Waals surface area contributed by atoms with E-state index in [-0.39, 0.29) is 0 Å². The molecular formula is C14H22. The monoisotopic (exact) mass is 190 g/mol. The first-order valence-corrected chi connectivity index (χ1v) is 6.36. The highest BCUT2D eigenvalue weighted by Crippen LogP contribution is 2.39. The Kier molecular flexibility index (Phi) is 3.51. The molecule has 0 aromatic rings. The van der Waals surface area contributed by atoms with E-state index in [9.17, 15) is 0 Å². The van der Waals surface area contributed by atoms with Gasteiger partial charge < -0.3 is 0 Å². The Morgan fingerprint density at radius 1 is 1.00 bits per heavy atom. The van der Waals surface area contributed by atoms with Gasteiger partial charge in [0.25, 0.3) is 0 Å². The van der Waals surface area contributed by atoms with E-state index in [2.05, 4.69) is 5.92 Å². The fraction of sp³-hybridized carbons (Fsp3) is 0.857. The van der Waals surface area contributed by atoms with E-state index < -0.39 is 0 Å². The summed E-state index contributed by atoms with van der Waals surface area (Å²) in [6, 6.07) is 0. The molecule has 0 N–H and O–H groups in total. The molecule has 0 nitrogen and oxygen atoms in total. The van der Waals surface area contributed by atoms with E-state index in [1.807, 2.05) is 0 Å². The second-order valence-corrected chi connectivity index (χ2v) is 5.20. The van der Waals surface area contributed by atoms with Crippen molar-refractivity contribution in [3.8, 4) is 12.3 Å². The van der Waals surface area contributed by atoms with Gasteiger partial charge in [0.15, 0.2) is 0 Å². The third-order valence-electron chi connectivity index (χ3n) is 4.24. The summed E-state index contributed by atoms with van der Waals surface area (Å²) in [6.07, 6.45) is 18.5. The smallest absolute Gasteiger partial charge is 0.0231 e. The normalized spacial score (nSPS) is 26.5. The molecule has 2 fully saturated rings. The van der Waals surface area contributed by atoms with Crippen LogP contribution in [0.4, 0.5) is 0 Å². The SMILES string of the molecule is C#CC(CC1CCCCC1)C1CCC1. The van der Waals surface area contributed by atoms with Crippen molar-refractivity contribution in [1.29, 1.82) is 0 Å². The van der Waals surface area contributed by atoms with Crippen LogP contribution in [0.3, 0.4) is 0 Å². The van der Waals surface area contributed by atoms with E-state index in [4.69, 9.17) is 6.42 Å². The second-order valence-electron chi connectivity index (χ2n) is 5.20. The molecule has 78 valence electrons. The van der Waals surface area contributed by atoms with Crippen LogP contribution in [0, 0.1) is 30.1 Å². The zero-order valence-corrected chi connectivity index (χ0v) is 9.17. The van der Waals surface area contributed by atoms with Crippen LogP contribution < -0.4 is 0 Å². The van der Waals surface area contributed by atoms with Gasteiger partial charge in [-0.3, -0.25) is 0 Å². The lowest BCUT2D eigenvalue weighted by Gasteiger charge is -2.33. The van der Waals surface area contributed by atoms with Gasteiger partial charge in [0.05, 0.1) is 0 Å². The molecular weight excluding hydrogens is 168 g/mol. The maximum Gasteiger partial charge on any atom is 0.0231 e. The maximum absolute atomic E-state index is 5.65. The third-order valence-corrected chi connectivity index (χ3v) is 4.24. The van der Waals surface area contributed by atoms with E-state index in [0.717, 1.165) is 11.8 Å². The van der Waals surface area contributed by atoms with Gasteiger partial charge in [-0.1, -0.05) is 38.5 Å². The van der Waals surface area contributed by atoms with Crippen LogP contribution in [0.1, 0.15) is 57.8 Å². The van der Waals surface area contributed by atoms with Crippen LogP contribution in [0.15, 0.2) is 0 Å². The van der Waals surface area contributed by atoms with Crippen LogP contribution in [0.2, 0.25) is 0 Å². The lowest BCUT2D eigenvalue weighted by molar-refractivity contribution is 0.199. The van der Waals surface area contributed by atoms with Gasteiger partial charge >= 0.3 is 0 Å². The Morgan fingerprint density at radius 2 is 1.71 bits per heavy atom. The Balaban J connectivity index is 1.78. The minimum absolute atomic E-state index is 0.617. The van der Waals surface area contributed by atoms with Crippen molar-refractivity contribution in [2.75, 3.05) is 0 Å². The lowest BCUT2D eigenvalue weighted by Crippen LogP contribution is -2.23. The summed E-state index contributed by atoms with van der Waals surface area (Å²) < 4.78 is 0. The fourth-order valence-electron chi connectivity index (χ4n) is 3.02. The Hall–Kier alpha value is -0.440. The van der Waals surface area contributed by atoms with Gasteiger partial charge in [-0.15, -0.1) is 12.3 Å². The van der Waals surface area contributed by atoms with Crippen molar-refractivity contribution in [1.82, 2.24) is 0 Å². The first kappa shape index (κ1) is 10.1. The highest BCUT2D eigenvalue weighted by atomic mass is 14.3. The second kappa shape index (κ2) is 4.87. The molecule has 2 saturated carbocycles. The Bertz CT molecular complexity index is 201. The number of terminal acetylenes is 1. The summed E-state index contributed by atoms with van der Waals surface area (Å²) in [5, 5.41) is 0. The average molecular weight is 190 g/mol. The standard InChI is InChI=1S/C14H22/c1-2-13(14-9-6-10-14)11-12-7-4-3-5-8-12/h1,12-14H,3-11H2. The molecule has 2 aliphatic rings. The molecule has 0 heterocycles. The predicted octanol–water partition coefficient (Wildman–Crippen LogP) is 4.01. The molecule has 0 aromatic heterocycles. The third kappa shape index (κ3) is 2.32. The number of hydrogen-bond donors (Lipinski definition) is 0. The van der Waals surface area contributed by atoms with Gasteiger partial charge in [-0.05, 0) is 31.1 Å². The Morgan fingerprint density at radius 3 is 2.21 bits per heavy atom. The molecule has 14 heavy (non-hydrogen) atoms.